The molecule has 0 aliphatic carbocycles. The van der Waals surface area contributed by atoms with Gasteiger partial charge in [0.1, 0.15) is 0 Å². The second-order valence-electron chi connectivity index (χ2n) is 3.52. The minimum atomic E-state index is -4.07. The topological polar surface area (TPSA) is 52.6 Å². The van der Waals surface area contributed by atoms with Crippen LogP contribution in [-0.2, 0) is 18.4 Å². The van der Waals surface area contributed by atoms with Crippen LogP contribution < -0.4 is 0 Å². The van der Waals surface area contributed by atoms with Gasteiger partial charge in [0, 0.05) is 0 Å². The van der Waals surface area contributed by atoms with Crippen molar-refractivity contribution in [3.05, 3.63) is 0 Å². The lowest BCUT2D eigenvalue weighted by molar-refractivity contribution is -0.113. The molecule has 0 radical (unpaired) electrons. The summed E-state index contributed by atoms with van der Waals surface area (Å²) in [6.07, 6.45) is -0.999. The molecule has 0 spiro atoms. The number of hydrogen-bond acceptors (Lipinski definition) is 4. The quantitative estimate of drug-likeness (QED) is 0.588. The van der Waals surface area contributed by atoms with Gasteiger partial charge in [0.05, 0.1) is 12.2 Å². The van der Waals surface area contributed by atoms with Crippen molar-refractivity contribution in [3.8, 4) is 0 Å². The maximum absolute atomic E-state index is 13.4. The molecular formula is C8H16FO4PS. The van der Waals surface area contributed by atoms with Gasteiger partial charge in [-0.2, -0.15) is 0 Å². The van der Waals surface area contributed by atoms with Gasteiger partial charge in [0.15, 0.2) is 0 Å². The molecule has 0 N–H and O–H groups in total. The number of hydrogen-bond donors (Lipinski definition) is 1. The Kier molecular flexibility index (Phi) is 6.03. The van der Waals surface area contributed by atoms with Crippen LogP contribution in [0.25, 0.3) is 0 Å². The Morgan fingerprint density at radius 2 is 1.53 bits per heavy atom. The zero-order valence-electron chi connectivity index (χ0n) is 9.14. The predicted molar refractivity (Wildman–Crippen MR) is 58.9 cm³/mol. The van der Waals surface area contributed by atoms with Crippen molar-refractivity contribution in [1.29, 1.82) is 0 Å². The summed E-state index contributed by atoms with van der Waals surface area (Å²) in [6, 6.07) is 0. The number of halogens is 1. The largest absolute Gasteiger partial charge is 0.373 e. The Balaban J connectivity index is 4.85. The Morgan fingerprint density at radius 3 is 1.73 bits per heavy atom. The van der Waals surface area contributed by atoms with Crippen LogP contribution in [0.4, 0.5) is 4.39 Å². The summed E-state index contributed by atoms with van der Waals surface area (Å²) in [5, 5.41) is -1.15. The van der Waals surface area contributed by atoms with Crippen molar-refractivity contribution < 1.29 is 22.8 Å². The van der Waals surface area contributed by atoms with Crippen LogP contribution in [0, 0.1) is 0 Å². The van der Waals surface area contributed by atoms with Crippen LogP contribution in [0.5, 0.6) is 0 Å². The fourth-order valence-electron chi connectivity index (χ4n) is 0.855. The third kappa shape index (κ3) is 5.11. The van der Waals surface area contributed by atoms with Crippen LogP contribution in [0.2, 0.25) is 0 Å². The number of carbonyl (C=O) groups excluding carboxylic acids is 1. The first-order valence-corrected chi connectivity index (χ1v) is 6.58. The van der Waals surface area contributed by atoms with E-state index in [0.717, 1.165) is 0 Å². The van der Waals surface area contributed by atoms with Gasteiger partial charge in [-0.3, -0.25) is 9.36 Å². The highest BCUT2D eigenvalue weighted by atomic mass is 32.1. The number of rotatable bonds is 6. The zero-order valence-corrected chi connectivity index (χ0v) is 10.9. The molecule has 0 aliphatic rings. The van der Waals surface area contributed by atoms with Crippen molar-refractivity contribution in [2.45, 2.75) is 45.8 Å². The molecule has 0 amide bonds. The first kappa shape index (κ1) is 15.1. The van der Waals surface area contributed by atoms with Crippen LogP contribution >= 0.6 is 20.2 Å². The number of alkyl halides is 1. The fourth-order valence-corrected chi connectivity index (χ4v) is 2.99. The second kappa shape index (κ2) is 5.99. The normalized spacial score (nSPS) is 14.7. The molecule has 0 bridgehead atoms. The molecule has 0 fully saturated rings. The first-order chi connectivity index (χ1) is 6.69. The molecule has 0 aliphatic heterocycles. The van der Waals surface area contributed by atoms with E-state index in [4.69, 9.17) is 9.05 Å². The Bertz CT molecular complexity index is 255. The van der Waals surface area contributed by atoms with Gasteiger partial charge in [0.2, 0.25) is 5.12 Å². The molecule has 0 saturated carbocycles. The smallest absolute Gasteiger partial charge is 0.303 e. The van der Waals surface area contributed by atoms with Crippen LogP contribution in [0.3, 0.4) is 0 Å². The minimum absolute atomic E-state index is 0.500. The van der Waals surface area contributed by atoms with E-state index in [1.807, 2.05) is 0 Å². The molecule has 90 valence electrons. The van der Waals surface area contributed by atoms with E-state index in [1.54, 1.807) is 27.7 Å². The van der Waals surface area contributed by atoms with Crippen molar-refractivity contribution in [2.75, 3.05) is 0 Å². The van der Waals surface area contributed by atoms with E-state index >= 15 is 0 Å². The molecule has 4 nitrogen and oxygen atoms in total. The van der Waals surface area contributed by atoms with E-state index < -0.39 is 30.8 Å². The average Bonchev–Trinajstić information content (AvgIpc) is 1.99. The lowest BCUT2D eigenvalue weighted by Gasteiger charge is -2.23. The van der Waals surface area contributed by atoms with Crippen LogP contribution in [0.15, 0.2) is 0 Å². The van der Waals surface area contributed by atoms with Gasteiger partial charge in [0.25, 0.3) is 5.91 Å². The molecule has 0 saturated heterocycles. The van der Waals surface area contributed by atoms with Gasteiger partial charge in [-0.25, -0.2) is 4.39 Å². The van der Waals surface area contributed by atoms with E-state index in [1.165, 1.54) is 0 Å². The summed E-state index contributed by atoms with van der Waals surface area (Å²) >= 11 is 3.29. The lowest BCUT2D eigenvalue weighted by atomic mass is 10.5. The molecule has 0 aromatic carbocycles. The molecule has 0 aromatic heterocycles. The molecule has 0 heterocycles. The Hall–Kier alpha value is 0.100. The summed E-state index contributed by atoms with van der Waals surface area (Å²) in [5.41, 5.74) is 0. The third-order valence-electron chi connectivity index (χ3n) is 1.20. The van der Waals surface area contributed by atoms with Crippen molar-refractivity contribution in [2.24, 2.45) is 0 Å². The van der Waals surface area contributed by atoms with E-state index in [-0.39, 0.29) is 0 Å². The summed E-state index contributed by atoms with van der Waals surface area (Å²) < 4.78 is 35.0. The maximum Gasteiger partial charge on any atom is 0.373 e. The van der Waals surface area contributed by atoms with Crippen molar-refractivity contribution in [3.63, 3.8) is 0 Å². The molecular weight excluding hydrogens is 242 g/mol. The third-order valence-corrected chi connectivity index (χ3v) is 3.85. The average molecular weight is 258 g/mol. The number of carbonyl (C=O) groups is 1. The van der Waals surface area contributed by atoms with E-state index in [2.05, 4.69) is 12.6 Å². The fraction of sp³-hybridized carbons (Fsp3) is 0.875. The molecule has 15 heavy (non-hydrogen) atoms. The first-order valence-electron chi connectivity index (χ1n) is 4.52. The Morgan fingerprint density at radius 1 is 1.20 bits per heavy atom. The van der Waals surface area contributed by atoms with E-state index in [9.17, 15) is 13.8 Å². The molecule has 0 rings (SSSR count). The van der Waals surface area contributed by atoms with Gasteiger partial charge in [-0.15, -0.1) is 12.6 Å². The SMILES string of the molecule is CC(C)OP(=O)(OC(C)C)C(F)C(=O)S. The molecule has 1 atom stereocenters. The summed E-state index contributed by atoms with van der Waals surface area (Å²) in [7, 11) is -4.07. The number of thiol groups is 1. The maximum atomic E-state index is 13.4. The standard InChI is InChI=1S/C8H16FO4PS/c1-5(2)12-14(11,13-6(3)4)7(9)8(10)15/h5-7H,1-4H3,(H,10,15). The second-order valence-corrected chi connectivity index (χ2v) is 5.92. The zero-order chi connectivity index (χ0) is 12.2. The van der Waals surface area contributed by atoms with Gasteiger partial charge in [-0.1, -0.05) is 0 Å². The minimum Gasteiger partial charge on any atom is -0.303 e. The highest BCUT2D eigenvalue weighted by Gasteiger charge is 2.42. The van der Waals surface area contributed by atoms with Gasteiger partial charge >= 0.3 is 7.60 Å². The van der Waals surface area contributed by atoms with Crippen LogP contribution in [0.1, 0.15) is 27.7 Å². The summed E-state index contributed by atoms with van der Waals surface area (Å²) in [5.74, 6) is -2.34. The van der Waals surface area contributed by atoms with Crippen molar-refractivity contribution in [1.82, 2.24) is 0 Å². The predicted octanol–water partition coefficient (Wildman–Crippen LogP) is 2.78. The van der Waals surface area contributed by atoms with Gasteiger partial charge in [-0.05, 0) is 27.7 Å². The lowest BCUT2D eigenvalue weighted by Crippen LogP contribution is -2.19. The van der Waals surface area contributed by atoms with Crippen LogP contribution in [-0.4, -0.2) is 23.2 Å². The van der Waals surface area contributed by atoms with Gasteiger partial charge < -0.3 is 9.05 Å². The monoisotopic (exact) mass is 258 g/mol. The highest BCUT2D eigenvalue weighted by molar-refractivity contribution is 7.97. The molecule has 1 unspecified atom stereocenters. The summed E-state index contributed by atoms with van der Waals surface area (Å²) in [4.78, 5) is 10.7. The van der Waals surface area contributed by atoms with E-state index in [0.29, 0.717) is 0 Å². The highest BCUT2D eigenvalue weighted by Crippen LogP contribution is 2.56. The molecule has 7 heteroatoms. The summed E-state index contributed by atoms with van der Waals surface area (Å²) in [6.45, 7) is 6.30. The Labute approximate surface area is 94.5 Å². The molecule has 0 aromatic rings. The van der Waals surface area contributed by atoms with Crippen molar-refractivity contribution >= 4 is 25.3 Å².